The summed E-state index contributed by atoms with van der Waals surface area (Å²) in [5.41, 5.74) is 1.21. The first kappa shape index (κ1) is 14.2. The molecule has 0 radical (unpaired) electrons. The highest BCUT2D eigenvalue weighted by atomic mass is 16.1. The van der Waals surface area contributed by atoms with E-state index < -0.39 is 0 Å². The Kier molecular flexibility index (Phi) is 5.49. The molecule has 1 aromatic rings. The number of rotatable bonds is 6. The Morgan fingerprint density at radius 3 is 2.42 bits per heavy atom. The van der Waals surface area contributed by atoms with Gasteiger partial charge in [0.2, 0.25) is 0 Å². The summed E-state index contributed by atoms with van der Waals surface area (Å²) in [5, 5.41) is 0. The third-order valence-electron chi connectivity index (χ3n) is 4.33. The lowest BCUT2D eigenvalue weighted by atomic mass is 9.77. The third-order valence-corrected chi connectivity index (χ3v) is 4.33. The Bertz CT molecular complexity index is 380. The topological polar surface area (TPSA) is 42.9 Å². The van der Waals surface area contributed by atoms with E-state index in [4.69, 9.17) is 0 Å². The summed E-state index contributed by atoms with van der Waals surface area (Å²) >= 11 is 0. The number of aldehydes is 1. The maximum Gasteiger partial charge on any atom is 0.192 e. The number of hydrogen-bond donors (Lipinski definition) is 0. The van der Waals surface area contributed by atoms with Gasteiger partial charge >= 0.3 is 0 Å². The van der Waals surface area contributed by atoms with Crippen LogP contribution in [0.2, 0.25) is 0 Å². The van der Waals surface area contributed by atoms with Crippen molar-refractivity contribution in [2.24, 2.45) is 5.92 Å². The zero-order chi connectivity index (χ0) is 13.5. The Balaban J connectivity index is 1.80. The monoisotopic (exact) mass is 260 g/mol. The molecule has 2 rings (SSSR count). The van der Waals surface area contributed by atoms with Gasteiger partial charge in [0.05, 0.1) is 0 Å². The molecule has 1 fully saturated rings. The first-order chi connectivity index (χ1) is 9.33. The number of carbonyl (C=O) groups excluding carboxylic acids is 1. The molecule has 1 saturated carbocycles. The van der Waals surface area contributed by atoms with E-state index in [1.165, 1.54) is 56.9 Å². The van der Waals surface area contributed by atoms with E-state index in [9.17, 15) is 4.79 Å². The van der Waals surface area contributed by atoms with Crippen molar-refractivity contribution >= 4 is 6.29 Å². The number of unbranched alkanes of at least 4 members (excludes halogenated alkanes) is 2. The van der Waals surface area contributed by atoms with Crippen molar-refractivity contribution in [3.8, 4) is 0 Å². The second-order valence-electron chi connectivity index (χ2n) is 5.71. The molecule has 0 N–H and O–H groups in total. The molecule has 0 aliphatic heterocycles. The molecule has 19 heavy (non-hydrogen) atoms. The van der Waals surface area contributed by atoms with Gasteiger partial charge in [-0.3, -0.25) is 4.79 Å². The molecule has 0 bridgehead atoms. The second kappa shape index (κ2) is 7.37. The molecular weight excluding hydrogens is 236 g/mol. The van der Waals surface area contributed by atoms with Crippen molar-refractivity contribution in [2.75, 3.05) is 0 Å². The van der Waals surface area contributed by atoms with Gasteiger partial charge in [0, 0.05) is 12.4 Å². The molecule has 3 heteroatoms. The maximum absolute atomic E-state index is 10.5. The largest absolute Gasteiger partial charge is 0.294 e. The molecule has 0 amide bonds. The number of hydrogen-bond acceptors (Lipinski definition) is 3. The predicted octanol–water partition coefficient (Wildman–Crippen LogP) is 4.14. The predicted molar refractivity (Wildman–Crippen MR) is 76.3 cm³/mol. The Morgan fingerprint density at radius 2 is 1.84 bits per heavy atom. The normalized spacial score (nSPS) is 23.2. The van der Waals surface area contributed by atoms with Gasteiger partial charge in [0.1, 0.15) is 0 Å². The number of nitrogens with zero attached hydrogens (tertiary/aromatic N) is 2. The van der Waals surface area contributed by atoms with Crippen molar-refractivity contribution in [1.29, 1.82) is 0 Å². The van der Waals surface area contributed by atoms with Crippen molar-refractivity contribution in [3.63, 3.8) is 0 Å². The zero-order valence-corrected chi connectivity index (χ0v) is 11.8. The van der Waals surface area contributed by atoms with Crippen LogP contribution >= 0.6 is 0 Å². The molecule has 0 atom stereocenters. The van der Waals surface area contributed by atoms with E-state index in [1.54, 1.807) is 0 Å². The fourth-order valence-corrected chi connectivity index (χ4v) is 3.09. The van der Waals surface area contributed by atoms with Crippen LogP contribution in [0.5, 0.6) is 0 Å². The van der Waals surface area contributed by atoms with Gasteiger partial charge in [-0.15, -0.1) is 0 Å². The standard InChI is InChI=1S/C16H24N2O/c1-2-3-4-5-13-6-8-14(9-7-13)15-10-17-16(12-19)18-11-15/h10-14H,2-9H2,1H3/t13-,14-. The van der Waals surface area contributed by atoms with Gasteiger partial charge in [0.25, 0.3) is 0 Å². The third kappa shape index (κ3) is 4.12. The van der Waals surface area contributed by atoms with Gasteiger partial charge in [-0.2, -0.15) is 0 Å². The van der Waals surface area contributed by atoms with Crippen LogP contribution in [0.15, 0.2) is 12.4 Å². The lowest BCUT2D eigenvalue weighted by Gasteiger charge is -2.28. The average Bonchev–Trinajstić information content (AvgIpc) is 2.48. The van der Waals surface area contributed by atoms with Crippen LogP contribution in [0.25, 0.3) is 0 Å². The van der Waals surface area contributed by atoms with E-state index >= 15 is 0 Å². The molecule has 0 unspecified atom stereocenters. The molecule has 1 aromatic heterocycles. The van der Waals surface area contributed by atoms with E-state index in [1.807, 2.05) is 12.4 Å². The van der Waals surface area contributed by atoms with Gasteiger partial charge < -0.3 is 0 Å². The molecule has 104 valence electrons. The van der Waals surface area contributed by atoms with E-state index in [0.29, 0.717) is 12.2 Å². The molecule has 3 nitrogen and oxygen atoms in total. The highest BCUT2D eigenvalue weighted by Crippen LogP contribution is 2.37. The Labute approximate surface area is 115 Å². The van der Waals surface area contributed by atoms with Crippen LogP contribution in [0.3, 0.4) is 0 Å². The molecule has 0 saturated heterocycles. The molecule has 0 spiro atoms. The van der Waals surface area contributed by atoms with Crippen LogP contribution in [-0.4, -0.2) is 16.3 Å². The highest BCUT2D eigenvalue weighted by Gasteiger charge is 2.22. The summed E-state index contributed by atoms with van der Waals surface area (Å²) in [4.78, 5) is 18.7. The Hall–Kier alpha value is -1.25. The summed E-state index contributed by atoms with van der Waals surface area (Å²) < 4.78 is 0. The average molecular weight is 260 g/mol. The minimum Gasteiger partial charge on any atom is -0.294 e. The van der Waals surface area contributed by atoms with Gasteiger partial charge in [0.15, 0.2) is 12.1 Å². The molecule has 1 aliphatic rings. The lowest BCUT2D eigenvalue weighted by Crippen LogP contribution is -2.14. The summed E-state index contributed by atoms with van der Waals surface area (Å²) in [6, 6.07) is 0. The molecular formula is C16H24N2O. The molecule has 0 aromatic carbocycles. The molecule has 1 aliphatic carbocycles. The SMILES string of the molecule is CCCCC[C@H]1CC[C@H](c2cnc(C=O)nc2)CC1. The van der Waals surface area contributed by atoms with Crippen molar-refractivity contribution in [3.05, 3.63) is 23.8 Å². The van der Waals surface area contributed by atoms with Crippen LogP contribution in [0.4, 0.5) is 0 Å². The van der Waals surface area contributed by atoms with Crippen LogP contribution < -0.4 is 0 Å². The van der Waals surface area contributed by atoms with Crippen LogP contribution in [0.1, 0.15) is 80.4 Å². The minimum atomic E-state index is 0.289. The number of carbonyl (C=O) groups is 1. The first-order valence-electron chi connectivity index (χ1n) is 7.60. The summed E-state index contributed by atoms with van der Waals surface area (Å²) in [6.45, 7) is 2.26. The fraction of sp³-hybridized carbons (Fsp3) is 0.688. The molecule has 1 heterocycles. The second-order valence-corrected chi connectivity index (χ2v) is 5.71. The summed E-state index contributed by atoms with van der Waals surface area (Å²) in [5.74, 6) is 1.82. The van der Waals surface area contributed by atoms with Crippen molar-refractivity contribution < 1.29 is 4.79 Å². The quantitative estimate of drug-likeness (QED) is 0.570. The summed E-state index contributed by atoms with van der Waals surface area (Å²) in [7, 11) is 0. The fourth-order valence-electron chi connectivity index (χ4n) is 3.09. The smallest absolute Gasteiger partial charge is 0.192 e. The van der Waals surface area contributed by atoms with E-state index in [-0.39, 0.29) is 5.82 Å². The zero-order valence-electron chi connectivity index (χ0n) is 11.8. The van der Waals surface area contributed by atoms with Crippen molar-refractivity contribution in [2.45, 2.75) is 64.2 Å². The first-order valence-corrected chi connectivity index (χ1v) is 7.60. The number of aromatic nitrogens is 2. The Morgan fingerprint density at radius 1 is 1.16 bits per heavy atom. The lowest BCUT2D eigenvalue weighted by molar-refractivity contribution is 0.111. The van der Waals surface area contributed by atoms with E-state index in [0.717, 1.165) is 5.92 Å². The van der Waals surface area contributed by atoms with Crippen LogP contribution in [-0.2, 0) is 0 Å². The van der Waals surface area contributed by atoms with Gasteiger partial charge in [-0.1, -0.05) is 32.6 Å². The minimum absolute atomic E-state index is 0.289. The van der Waals surface area contributed by atoms with E-state index in [2.05, 4.69) is 16.9 Å². The highest BCUT2D eigenvalue weighted by molar-refractivity contribution is 5.68. The van der Waals surface area contributed by atoms with Crippen molar-refractivity contribution in [1.82, 2.24) is 9.97 Å². The summed E-state index contributed by atoms with van der Waals surface area (Å²) in [6.07, 6.45) is 15.0. The van der Waals surface area contributed by atoms with Crippen LogP contribution in [0, 0.1) is 5.92 Å². The van der Waals surface area contributed by atoms with Gasteiger partial charge in [-0.25, -0.2) is 9.97 Å². The van der Waals surface area contributed by atoms with Gasteiger partial charge in [-0.05, 0) is 43.1 Å². The maximum atomic E-state index is 10.5.